The average molecular weight is 239 g/mol. The van der Waals surface area contributed by atoms with Gasteiger partial charge in [-0.1, -0.05) is 19.4 Å². The van der Waals surface area contributed by atoms with E-state index in [9.17, 15) is 8.78 Å². The zero-order valence-corrected chi connectivity index (χ0v) is 10.2. The van der Waals surface area contributed by atoms with Gasteiger partial charge < -0.3 is 5.32 Å². The molecule has 2 rings (SSSR count). The van der Waals surface area contributed by atoms with E-state index >= 15 is 0 Å². The Morgan fingerprint density at radius 2 is 1.94 bits per heavy atom. The number of hydrogen-bond donors (Lipinski definition) is 1. The maximum absolute atomic E-state index is 13.6. The molecule has 1 aliphatic carbocycles. The maximum Gasteiger partial charge on any atom is 0.129 e. The highest BCUT2D eigenvalue weighted by atomic mass is 19.1. The Hall–Kier alpha value is -0.960. The Balaban J connectivity index is 2.10. The van der Waals surface area contributed by atoms with Crippen molar-refractivity contribution in [3.05, 3.63) is 35.4 Å². The van der Waals surface area contributed by atoms with Gasteiger partial charge in [-0.25, -0.2) is 8.78 Å². The van der Waals surface area contributed by atoms with Crippen LogP contribution in [-0.4, -0.2) is 12.6 Å². The molecule has 0 bridgehead atoms. The Bertz CT molecular complexity index is 354. The van der Waals surface area contributed by atoms with Gasteiger partial charge in [0.1, 0.15) is 11.6 Å². The molecule has 1 aliphatic rings. The molecule has 0 radical (unpaired) electrons. The topological polar surface area (TPSA) is 12.0 Å². The van der Waals surface area contributed by atoms with E-state index in [-0.39, 0.29) is 11.6 Å². The number of halogens is 2. The summed E-state index contributed by atoms with van der Waals surface area (Å²) in [4.78, 5) is 0. The standard InChI is InChI=1S/C14H19F2N/c1-2-17-14(10-5-3-6-10)9-11-12(15)7-4-8-13(11)16/h4,7-8,10,14,17H,2-3,5-6,9H2,1H3. The largest absolute Gasteiger partial charge is 0.314 e. The molecule has 1 fully saturated rings. The van der Waals surface area contributed by atoms with Crippen molar-refractivity contribution < 1.29 is 8.78 Å². The Morgan fingerprint density at radius 1 is 1.29 bits per heavy atom. The van der Waals surface area contributed by atoms with Crippen molar-refractivity contribution in [2.45, 2.75) is 38.6 Å². The summed E-state index contributed by atoms with van der Waals surface area (Å²) in [6, 6.07) is 4.30. The monoisotopic (exact) mass is 239 g/mol. The first-order valence-corrected chi connectivity index (χ1v) is 6.38. The van der Waals surface area contributed by atoms with Gasteiger partial charge in [0.2, 0.25) is 0 Å². The number of rotatable bonds is 5. The third-order valence-corrected chi connectivity index (χ3v) is 3.67. The van der Waals surface area contributed by atoms with Crippen LogP contribution in [0.1, 0.15) is 31.7 Å². The van der Waals surface area contributed by atoms with E-state index in [1.807, 2.05) is 6.92 Å². The smallest absolute Gasteiger partial charge is 0.129 e. The number of hydrogen-bond acceptors (Lipinski definition) is 1. The number of likely N-dealkylation sites (N-methyl/N-ethyl adjacent to an activating group) is 1. The predicted octanol–water partition coefficient (Wildman–Crippen LogP) is 3.29. The van der Waals surface area contributed by atoms with Gasteiger partial charge in [0.25, 0.3) is 0 Å². The molecular formula is C14H19F2N. The maximum atomic E-state index is 13.6. The highest BCUT2D eigenvalue weighted by Crippen LogP contribution is 2.31. The van der Waals surface area contributed by atoms with Gasteiger partial charge in [0, 0.05) is 11.6 Å². The second-order valence-electron chi connectivity index (χ2n) is 4.76. The molecule has 0 amide bonds. The van der Waals surface area contributed by atoms with Crippen molar-refractivity contribution >= 4 is 0 Å². The van der Waals surface area contributed by atoms with Gasteiger partial charge in [-0.2, -0.15) is 0 Å². The zero-order chi connectivity index (χ0) is 12.3. The van der Waals surface area contributed by atoms with E-state index in [4.69, 9.17) is 0 Å². The highest BCUT2D eigenvalue weighted by molar-refractivity contribution is 5.21. The fraction of sp³-hybridized carbons (Fsp3) is 0.571. The van der Waals surface area contributed by atoms with Gasteiger partial charge in [0.15, 0.2) is 0 Å². The molecule has 0 aromatic heterocycles. The van der Waals surface area contributed by atoms with E-state index < -0.39 is 11.6 Å². The molecule has 3 heteroatoms. The van der Waals surface area contributed by atoms with Crippen molar-refractivity contribution in [1.29, 1.82) is 0 Å². The third-order valence-electron chi connectivity index (χ3n) is 3.67. The van der Waals surface area contributed by atoms with E-state index in [1.165, 1.54) is 37.5 Å². The van der Waals surface area contributed by atoms with Crippen LogP contribution in [0.15, 0.2) is 18.2 Å². The van der Waals surface area contributed by atoms with E-state index in [0.717, 1.165) is 6.54 Å². The molecule has 1 aromatic rings. The fourth-order valence-electron chi connectivity index (χ4n) is 2.46. The molecule has 1 atom stereocenters. The Labute approximate surface area is 101 Å². The van der Waals surface area contributed by atoms with Crippen molar-refractivity contribution in [3.8, 4) is 0 Å². The first-order valence-electron chi connectivity index (χ1n) is 6.38. The molecule has 1 N–H and O–H groups in total. The molecule has 0 saturated heterocycles. The van der Waals surface area contributed by atoms with E-state index in [2.05, 4.69) is 5.32 Å². The molecule has 0 spiro atoms. The summed E-state index contributed by atoms with van der Waals surface area (Å²) in [6.07, 6.45) is 4.05. The summed E-state index contributed by atoms with van der Waals surface area (Å²) in [5, 5.41) is 3.35. The molecule has 1 unspecified atom stereocenters. The lowest BCUT2D eigenvalue weighted by atomic mass is 9.77. The van der Waals surface area contributed by atoms with Crippen LogP contribution in [-0.2, 0) is 6.42 Å². The minimum atomic E-state index is -0.424. The lowest BCUT2D eigenvalue weighted by molar-refractivity contribution is 0.227. The van der Waals surface area contributed by atoms with Gasteiger partial charge >= 0.3 is 0 Å². The van der Waals surface area contributed by atoms with Crippen LogP contribution in [0.5, 0.6) is 0 Å². The van der Waals surface area contributed by atoms with Gasteiger partial charge in [-0.05, 0) is 43.9 Å². The average Bonchev–Trinajstić information content (AvgIpc) is 2.21. The van der Waals surface area contributed by atoms with Crippen molar-refractivity contribution in [2.75, 3.05) is 6.54 Å². The summed E-state index contributed by atoms with van der Waals surface area (Å²) in [5.41, 5.74) is 0.227. The summed E-state index contributed by atoms with van der Waals surface area (Å²) < 4.78 is 27.1. The van der Waals surface area contributed by atoms with Crippen LogP contribution < -0.4 is 5.32 Å². The SMILES string of the molecule is CCNC(Cc1c(F)cccc1F)C1CCC1. The first-order chi connectivity index (χ1) is 8.22. The third kappa shape index (κ3) is 2.83. The van der Waals surface area contributed by atoms with Crippen LogP contribution in [0.25, 0.3) is 0 Å². The van der Waals surface area contributed by atoms with E-state index in [0.29, 0.717) is 12.3 Å². The molecule has 1 saturated carbocycles. The normalized spacial score (nSPS) is 17.8. The van der Waals surface area contributed by atoms with Crippen LogP contribution >= 0.6 is 0 Å². The molecule has 17 heavy (non-hydrogen) atoms. The molecule has 1 nitrogen and oxygen atoms in total. The van der Waals surface area contributed by atoms with Crippen molar-refractivity contribution in [3.63, 3.8) is 0 Å². The van der Waals surface area contributed by atoms with Crippen molar-refractivity contribution in [1.82, 2.24) is 5.32 Å². The molecule has 94 valence electrons. The molecular weight excluding hydrogens is 220 g/mol. The molecule has 1 aromatic carbocycles. The summed E-state index contributed by atoms with van der Waals surface area (Å²) >= 11 is 0. The summed E-state index contributed by atoms with van der Waals surface area (Å²) in [5.74, 6) is -0.270. The highest BCUT2D eigenvalue weighted by Gasteiger charge is 2.28. The number of benzene rings is 1. The van der Waals surface area contributed by atoms with Crippen LogP contribution in [0.4, 0.5) is 8.78 Å². The minimum Gasteiger partial charge on any atom is -0.314 e. The quantitative estimate of drug-likeness (QED) is 0.831. The Morgan fingerprint density at radius 3 is 2.41 bits per heavy atom. The van der Waals surface area contributed by atoms with E-state index in [1.54, 1.807) is 0 Å². The second kappa shape index (κ2) is 5.58. The van der Waals surface area contributed by atoms with Crippen molar-refractivity contribution in [2.24, 2.45) is 5.92 Å². The summed E-state index contributed by atoms with van der Waals surface area (Å²) in [6.45, 7) is 2.88. The summed E-state index contributed by atoms with van der Waals surface area (Å²) in [7, 11) is 0. The molecule has 0 heterocycles. The van der Waals surface area contributed by atoms with Gasteiger partial charge in [0.05, 0.1) is 0 Å². The van der Waals surface area contributed by atoms with Crippen LogP contribution in [0.2, 0.25) is 0 Å². The fourth-order valence-corrected chi connectivity index (χ4v) is 2.46. The lowest BCUT2D eigenvalue weighted by Crippen LogP contribution is -2.41. The Kier molecular flexibility index (Phi) is 4.11. The lowest BCUT2D eigenvalue weighted by Gasteiger charge is -2.34. The predicted molar refractivity (Wildman–Crippen MR) is 64.9 cm³/mol. The number of nitrogens with one attached hydrogen (secondary N) is 1. The van der Waals surface area contributed by atoms with Gasteiger partial charge in [-0.3, -0.25) is 0 Å². The molecule has 0 aliphatic heterocycles. The first kappa shape index (κ1) is 12.5. The second-order valence-corrected chi connectivity index (χ2v) is 4.76. The minimum absolute atomic E-state index is 0.208. The zero-order valence-electron chi connectivity index (χ0n) is 10.2. The van der Waals surface area contributed by atoms with Crippen LogP contribution in [0.3, 0.4) is 0 Å². The van der Waals surface area contributed by atoms with Gasteiger partial charge in [-0.15, -0.1) is 0 Å². The van der Waals surface area contributed by atoms with Crippen LogP contribution in [0, 0.1) is 17.6 Å².